The number of hydrogen-bond donors (Lipinski definition) is 2. The van der Waals surface area contributed by atoms with Crippen LogP contribution in [0.5, 0.6) is 0 Å². The first kappa shape index (κ1) is 20.8. The summed E-state index contributed by atoms with van der Waals surface area (Å²) >= 11 is 7.14. The number of urea groups is 1. The second-order valence-corrected chi connectivity index (χ2v) is 11.9. The van der Waals surface area contributed by atoms with E-state index in [2.05, 4.69) is 34.9 Å². The molecule has 0 spiro atoms. The van der Waals surface area contributed by atoms with Crippen LogP contribution in [0.2, 0.25) is 0 Å². The number of carbonyl (C=O) groups is 2. The summed E-state index contributed by atoms with van der Waals surface area (Å²) in [5, 5.41) is 6.50. The van der Waals surface area contributed by atoms with Crippen LogP contribution in [0.25, 0.3) is 0 Å². The Morgan fingerprint density at radius 3 is 2.16 bits per heavy atom. The highest BCUT2D eigenvalue weighted by Gasteiger charge is 2.57. The predicted octanol–water partition coefficient (Wildman–Crippen LogP) is 4.35. The highest BCUT2D eigenvalue weighted by Crippen LogP contribution is 2.61. The Kier molecular flexibility index (Phi) is 4.60. The lowest BCUT2D eigenvalue weighted by Crippen LogP contribution is -2.62. The fourth-order valence-electron chi connectivity index (χ4n) is 7.17. The van der Waals surface area contributed by atoms with Crippen LogP contribution >= 0.6 is 11.6 Å². The third-order valence-electron chi connectivity index (χ3n) is 8.60. The van der Waals surface area contributed by atoms with Gasteiger partial charge in [0.1, 0.15) is 0 Å². The zero-order valence-electron chi connectivity index (χ0n) is 18.3. The Hall–Kier alpha value is -1.82. The van der Waals surface area contributed by atoms with Crippen LogP contribution in [-0.2, 0) is 4.79 Å². The van der Waals surface area contributed by atoms with E-state index in [4.69, 9.17) is 11.6 Å². The lowest BCUT2D eigenvalue weighted by molar-refractivity contribution is -0.139. The van der Waals surface area contributed by atoms with Gasteiger partial charge in [-0.2, -0.15) is 0 Å². The molecule has 3 saturated carbocycles. The average molecular weight is 460 g/mol. The van der Waals surface area contributed by atoms with Crippen LogP contribution in [0, 0.1) is 0 Å². The number of carbonyl (C=O) groups excluding carboxylic acids is 2. The second kappa shape index (κ2) is 7.09. The van der Waals surface area contributed by atoms with Crippen molar-refractivity contribution in [3.05, 3.63) is 35.4 Å². The SMILES string of the molecule is O=C(NC1CCN(C(=O)C2(F)CC2)CC1)NC12CC3CC(Cl)(CC(C1)c1ccccc13)C2. The van der Waals surface area contributed by atoms with Gasteiger partial charge >= 0.3 is 6.03 Å². The molecule has 1 aromatic carbocycles. The molecule has 32 heavy (non-hydrogen) atoms. The number of benzene rings is 1. The van der Waals surface area contributed by atoms with E-state index in [0.717, 1.165) is 32.1 Å². The van der Waals surface area contributed by atoms with Crippen molar-refractivity contribution in [2.45, 2.75) is 91.7 Å². The van der Waals surface area contributed by atoms with E-state index >= 15 is 0 Å². The first-order valence-corrected chi connectivity index (χ1v) is 12.5. The summed E-state index contributed by atoms with van der Waals surface area (Å²) in [6, 6.07) is 8.59. The number of nitrogens with zero attached hydrogens (tertiary/aromatic N) is 1. The van der Waals surface area contributed by atoms with Gasteiger partial charge in [0, 0.05) is 29.5 Å². The quantitative estimate of drug-likeness (QED) is 0.660. The van der Waals surface area contributed by atoms with E-state index in [1.54, 1.807) is 4.90 Å². The smallest absolute Gasteiger partial charge is 0.315 e. The molecule has 4 fully saturated rings. The topological polar surface area (TPSA) is 61.4 Å². The van der Waals surface area contributed by atoms with Gasteiger partial charge in [0.25, 0.3) is 5.91 Å². The standard InChI is InChI=1S/C25H31ClFN3O2/c26-23-11-16-13-24(15-23,14-17(12-23)20-4-2-1-3-19(16)20)29-22(32)28-18-5-9-30(10-6-18)21(31)25(27)7-8-25/h1-4,16-18H,5-15H2,(H2,28,29,32). The van der Waals surface area contributed by atoms with E-state index < -0.39 is 5.67 Å². The number of hydrogen-bond acceptors (Lipinski definition) is 2. The summed E-state index contributed by atoms with van der Waals surface area (Å²) in [6.45, 7) is 1.01. The van der Waals surface area contributed by atoms with Crippen LogP contribution in [0.1, 0.15) is 80.8 Å². The van der Waals surface area contributed by atoms with Crippen molar-refractivity contribution in [2.24, 2.45) is 0 Å². The molecule has 7 rings (SSSR count). The first-order chi connectivity index (χ1) is 15.3. The molecule has 1 saturated heterocycles. The third-order valence-corrected chi connectivity index (χ3v) is 9.04. The number of halogens is 2. The monoisotopic (exact) mass is 459 g/mol. The summed E-state index contributed by atoms with van der Waals surface area (Å²) < 4.78 is 14.1. The van der Waals surface area contributed by atoms with Gasteiger partial charge < -0.3 is 15.5 Å². The molecule has 5 nitrogen and oxygen atoms in total. The molecule has 1 aromatic rings. The van der Waals surface area contributed by atoms with Crippen molar-refractivity contribution in [3.63, 3.8) is 0 Å². The molecular weight excluding hydrogens is 429 g/mol. The minimum Gasteiger partial charge on any atom is -0.340 e. The summed E-state index contributed by atoms with van der Waals surface area (Å²) in [4.78, 5) is 26.7. The molecule has 0 radical (unpaired) electrons. The molecule has 2 N–H and O–H groups in total. The lowest BCUT2D eigenvalue weighted by atomic mass is 9.62. The molecular formula is C25H31ClFN3O2. The lowest BCUT2D eigenvalue weighted by Gasteiger charge is -2.52. The Labute approximate surface area is 193 Å². The minimum atomic E-state index is -1.61. The number of alkyl halides is 2. The largest absolute Gasteiger partial charge is 0.340 e. The molecule has 4 bridgehead atoms. The van der Waals surface area contributed by atoms with Crippen molar-refractivity contribution in [1.82, 2.24) is 15.5 Å². The normalized spacial score (nSPS) is 36.9. The van der Waals surface area contributed by atoms with Gasteiger partial charge in [0.2, 0.25) is 0 Å². The number of amides is 3. The van der Waals surface area contributed by atoms with Gasteiger partial charge in [-0.05, 0) is 80.8 Å². The molecule has 1 aliphatic heterocycles. The minimum absolute atomic E-state index is 0.00655. The number of rotatable bonds is 3. The number of piperidine rings is 1. The van der Waals surface area contributed by atoms with Crippen molar-refractivity contribution in [2.75, 3.05) is 13.1 Å². The van der Waals surface area contributed by atoms with Gasteiger partial charge in [0.15, 0.2) is 5.67 Å². The van der Waals surface area contributed by atoms with Gasteiger partial charge in [-0.25, -0.2) is 9.18 Å². The Balaban J connectivity index is 1.11. The van der Waals surface area contributed by atoms with Gasteiger partial charge in [-0.1, -0.05) is 24.3 Å². The molecule has 1 heterocycles. The molecule has 2 atom stereocenters. The van der Waals surface area contributed by atoms with Crippen LogP contribution in [0.3, 0.4) is 0 Å². The number of nitrogens with one attached hydrogen (secondary N) is 2. The summed E-state index contributed by atoms with van der Waals surface area (Å²) in [7, 11) is 0. The number of likely N-dealkylation sites (tertiary alicyclic amines) is 1. The van der Waals surface area contributed by atoms with Crippen LogP contribution < -0.4 is 10.6 Å². The van der Waals surface area contributed by atoms with Gasteiger partial charge in [-0.3, -0.25) is 4.79 Å². The molecule has 172 valence electrons. The maximum Gasteiger partial charge on any atom is 0.315 e. The molecule has 6 aliphatic rings. The van der Waals surface area contributed by atoms with E-state index in [0.29, 0.717) is 50.6 Å². The summed E-state index contributed by atoms with van der Waals surface area (Å²) in [5.41, 5.74) is 0.952. The molecule has 7 heteroatoms. The van der Waals surface area contributed by atoms with E-state index in [1.807, 2.05) is 0 Å². The molecule has 3 amide bonds. The van der Waals surface area contributed by atoms with Crippen LogP contribution in [0.4, 0.5) is 9.18 Å². The second-order valence-electron chi connectivity index (χ2n) is 11.1. The van der Waals surface area contributed by atoms with Crippen LogP contribution in [-0.4, -0.2) is 52.1 Å². The summed E-state index contributed by atoms with van der Waals surface area (Å²) in [5.74, 6) is 0.405. The third kappa shape index (κ3) is 3.49. The first-order valence-electron chi connectivity index (χ1n) is 12.1. The Morgan fingerprint density at radius 1 is 1.00 bits per heavy atom. The zero-order valence-corrected chi connectivity index (χ0v) is 19.1. The van der Waals surface area contributed by atoms with Gasteiger partial charge in [0.05, 0.1) is 0 Å². The molecule has 2 unspecified atom stereocenters. The van der Waals surface area contributed by atoms with E-state index in [1.165, 1.54) is 11.1 Å². The average Bonchev–Trinajstić information content (AvgIpc) is 3.52. The van der Waals surface area contributed by atoms with Crippen molar-refractivity contribution >= 4 is 23.5 Å². The fourth-order valence-corrected chi connectivity index (χ4v) is 7.80. The molecule has 5 aliphatic carbocycles. The van der Waals surface area contributed by atoms with Crippen molar-refractivity contribution < 1.29 is 14.0 Å². The summed E-state index contributed by atoms with van der Waals surface area (Å²) in [6.07, 6.45) is 6.69. The highest BCUT2D eigenvalue weighted by molar-refractivity contribution is 6.24. The van der Waals surface area contributed by atoms with E-state index in [9.17, 15) is 14.0 Å². The zero-order chi connectivity index (χ0) is 22.1. The maximum atomic E-state index is 14.1. The van der Waals surface area contributed by atoms with Crippen molar-refractivity contribution in [1.29, 1.82) is 0 Å². The fraction of sp³-hybridized carbons (Fsp3) is 0.680. The van der Waals surface area contributed by atoms with E-state index in [-0.39, 0.29) is 28.4 Å². The Morgan fingerprint density at radius 2 is 1.59 bits per heavy atom. The highest BCUT2D eigenvalue weighted by atomic mass is 35.5. The maximum absolute atomic E-state index is 14.1. The van der Waals surface area contributed by atoms with Gasteiger partial charge in [-0.15, -0.1) is 11.6 Å². The predicted molar refractivity (Wildman–Crippen MR) is 121 cm³/mol. The Bertz CT molecular complexity index is 921. The van der Waals surface area contributed by atoms with Crippen molar-refractivity contribution in [3.8, 4) is 0 Å². The molecule has 0 aromatic heterocycles. The van der Waals surface area contributed by atoms with Crippen LogP contribution in [0.15, 0.2) is 24.3 Å².